The summed E-state index contributed by atoms with van der Waals surface area (Å²) in [5.74, 6) is -0.0654. The summed E-state index contributed by atoms with van der Waals surface area (Å²) in [6.45, 7) is 0.0840. The predicted molar refractivity (Wildman–Crippen MR) is 66.5 cm³/mol. The van der Waals surface area contributed by atoms with Crippen LogP contribution in [0.25, 0.3) is 0 Å². The highest BCUT2D eigenvalue weighted by Crippen LogP contribution is 2.30. The number of rotatable bonds is 4. The van der Waals surface area contributed by atoms with Gasteiger partial charge >= 0.3 is 12.2 Å². The second-order valence-corrected chi connectivity index (χ2v) is 3.80. The molecule has 0 radical (unpaired) electrons. The van der Waals surface area contributed by atoms with Crippen molar-refractivity contribution in [2.45, 2.75) is 12.6 Å². The summed E-state index contributed by atoms with van der Waals surface area (Å²) in [7, 11) is 0. The number of carbonyl (C=O) groups is 1. The number of halogens is 3. The Labute approximate surface area is 112 Å². The summed E-state index contributed by atoms with van der Waals surface area (Å²) in [6.07, 6.45) is -4.35. The Morgan fingerprint density at radius 3 is 2.70 bits per heavy atom. The van der Waals surface area contributed by atoms with Crippen LogP contribution in [0.3, 0.4) is 0 Å². The average Bonchev–Trinajstić information content (AvgIpc) is 2.37. The molecule has 0 bridgehead atoms. The summed E-state index contributed by atoms with van der Waals surface area (Å²) in [4.78, 5) is 11.4. The monoisotopic (exact) mass is 290 g/mol. The lowest BCUT2D eigenvalue weighted by Gasteiger charge is -2.10. The Kier molecular flexibility index (Phi) is 5.18. The molecule has 0 aliphatic carbocycles. The lowest BCUT2D eigenvalue weighted by molar-refractivity contribution is -0.137. The molecule has 0 fully saturated rings. The fraction of sp³-hybridized carbons (Fsp3) is 0.273. The third-order valence-electron chi connectivity index (χ3n) is 2.24. The van der Waals surface area contributed by atoms with E-state index in [1.807, 2.05) is 0 Å². The third-order valence-corrected chi connectivity index (χ3v) is 2.24. The average molecular weight is 290 g/mol. The summed E-state index contributed by atoms with van der Waals surface area (Å²) in [5.41, 5.74) is 4.34. The minimum Gasteiger partial charge on any atom is -0.409 e. The lowest BCUT2D eigenvalue weighted by Crippen LogP contribution is -2.31. The quantitative estimate of drug-likeness (QED) is 0.295. The smallest absolute Gasteiger partial charge is 0.409 e. The molecule has 0 aromatic heterocycles. The highest BCUT2D eigenvalue weighted by atomic mass is 19.4. The molecule has 0 saturated carbocycles. The van der Waals surface area contributed by atoms with E-state index in [1.54, 1.807) is 0 Å². The Hall–Kier alpha value is -2.45. The van der Waals surface area contributed by atoms with Gasteiger partial charge in [-0.2, -0.15) is 13.2 Å². The molecule has 0 unspecified atom stereocenters. The van der Waals surface area contributed by atoms with Crippen molar-refractivity contribution in [1.29, 1.82) is 0 Å². The third kappa shape index (κ3) is 5.04. The molecule has 20 heavy (non-hydrogen) atoms. The summed E-state index contributed by atoms with van der Waals surface area (Å²) in [5, 5.41) is 15.6. The van der Waals surface area contributed by atoms with Crippen LogP contribution >= 0.6 is 0 Å². The van der Waals surface area contributed by atoms with Gasteiger partial charge in [0.2, 0.25) is 0 Å². The van der Waals surface area contributed by atoms with Crippen molar-refractivity contribution in [3.63, 3.8) is 0 Å². The molecule has 0 saturated heterocycles. The number of hydrogen-bond donors (Lipinski definition) is 4. The minimum absolute atomic E-state index is 0.0149. The standard InChI is InChI=1S/C11H13F3N4O2/c12-11(13,14)7-2-1-3-8(6-7)17-10(19)16-5-4-9(15)18-20/h1-3,6,20H,4-5H2,(H2,15,18)(H2,16,17,19). The number of nitrogens with two attached hydrogens (primary N) is 1. The van der Waals surface area contributed by atoms with Gasteiger partial charge in [0.15, 0.2) is 0 Å². The van der Waals surface area contributed by atoms with Crippen LogP contribution in [-0.4, -0.2) is 23.6 Å². The van der Waals surface area contributed by atoms with Gasteiger partial charge in [0.1, 0.15) is 5.84 Å². The normalized spacial score (nSPS) is 12.1. The van der Waals surface area contributed by atoms with Crippen LogP contribution in [-0.2, 0) is 6.18 Å². The van der Waals surface area contributed by atoms with Crippen molar-refractivity contribution < 1.29 is 23.2 Å². The Morgan fingerprint density at radius 2 is 2.10 bits per heavy atom. The van der Waals surface area contributed by atoms with Crippen LogP contribution in [0, 0.1) is 0 Å². The number of nitrogens with one attached hydrogen (secondary N) is 2. The predicted octanol–water partition coefficient (Wildman–Crippen LogP) is 1.96. The van der Waals surface area contributed by atoms with Gasteiger partial charge in [-0.3, -0.25) is 0 Å². The molecule has 0 aliphatic heterocycles. The first-order valence-corrected chi connectivity index (χ1v) is 5.51. The zero-order chi connectivity index (χ0) is 15.2. The van der Waals surface area contributed by atoms with E-state index >= 15 is 0 Å². The molecule has 5 N–H and O–H groups in total. The highest BCUT2D eigenvalue weighted by molar-refractivity contribution is 5.89. The second-order valence-electron chi connectivity index (χ2n) is 3.80. The maximum atomic E-state index is 12.5. The van der Waals surface area contributed by atoms with Crippen molar-refractivity contribution in [2.24, 2.45) is 10.9 Å². The first-order valence-electron chi connectivity index (χ1n) is 5.51. The van der Waals surface area contributed by atoms with Gasteiger partial charge in [-0.15, -0.1) is 0 Å². The first-order chi connectivity index (χ1) is 9.32. The molecule has 110 valence electrons. The highest BCUT2D eigenvalue weighted by Gasteiger charge is 2.30. The van der Waals surface area contributed by atoms with Crippen molar-refractivity contribution in [1.82, 2.24) is 5.32 Å². The van der Waals surface area contributed by atoms with E-state index in [0.29, 0.717) is 0 Å². The topological polar surface area (TPSA) is 99.7 Å². The van der Waals surface area contributed by atoms with Crippen LogP contribution in [0.1, 0.15) is 12.0 Å². The number of amidine groups is 1. The number of benzene rings is 1. The first kappa shape index (κ1) is 15.6. The minimum atomic E-state index is -4.47. The van der Waals surface area contributed by atoms with Gasteiger partial charge in [-0.25, -0.2) is 4.79 Å². The molecule has 9 heteroatoms. The van der Waals surface area contributed by atoms with Gasteiger partial charge in [-0.1, -0.05) is 11.2 Å². The van der Waals surface area contributed by atoms with Crippen LogP contribution < -0.4 is 16.4 Å². The summed E-state index contributed by atoms with van der Waals surface area (Å²) in [6, 6.07) is 3.56. The van der Waals surface area contributed by atoms with Crippen LogP contribution in [0.4, 0.5) is 23.7 Å². The molecule has 0 heterocycles. The fourth-order valence-corrected chi connectivity index (χ4v) is 1.30. The molecule has 1 aromatic carbocycles. The van der Waals surface area contributed by atoms with E-state index < -0.39 is 17.8 Å². The zero-order valence-corrected chi connectivity index (χ0v) is 10.2. The number of alkyl halides is 3. The number of anilines is 1. The largest absolute Gasteiger partial charge is 0.416 e. The Morgan fingerprint density at radius 1 is 1.40 bits per heavy atom. The molecule has 2 amide bonds. The SMILES string of the molecule is NC(CCNC(=O)Nc1cccc(C(F)(F)F)c1)=NO. The van der Waals surface area contributed by atoms with E-state index in [1.165, 1.54) is 12.1 Å². The van der Waals surface area contributed by atoms with Crippen molar-refractivity contribution >= 4 is 17.6 Å². The number of amides is 2. The fourth-order valence-electron chi connectivity index (χ4n) is 1.30. The molecule has 1 aromatic rings. The number of carbonyl (C=O) groups excluding carboxylic acids is 1. The number of oxime groups is 1. The number of hydrogen-bond acceptors (Lipinski definition) is 3. The van der Waals surface area contributed by atoms with Gasteiger partial charge < -0.3 is 21.6 Å². The van der Waals surface area contributed by atoms with E-state index in [4.69, 9.17) is 10.9 Å². The Bertz CT molecular complexity index is 503. The zero-order valence-electron chi connectivity index (χ0n) is 10.2. The molecule has 0 atom stereocenters. The van der Waals surface area contributed by atoms with E-state index in [9.17, 15) is 18.0 Å². The van der Waals surface area contributed by atoms with Crippen LogP contribution in [0.2, 0.25) is 0 Å². The maximum absolute atomic E-state index is 12.5. The van der Waals surface area contributed by atoms with Gasteiger partial charge in [0.25, 0.3) is 0 Å². The number of urea groups is 1. The number of nitrogens with zero attached hydrogens (tertiary/aromatic N) is 1. The summed E-state index contributed by atoms with van der Waals surface area (Å²) < 4.78 is 37.4. The second kappa shape index (κ2) is 6.64. The molecular weight excluding hydrogens is 277 g/mol. The maximum Gasteiger partial charge on any atom is 0.416 e. The van der Waals surface area contributed by atoms with E-state index in [-0.39, 0.29) is 24.5 Å². The molecule has 1 rings (SSSR count). The van der Waals surface area contributed by atoms with E-state index in [0.717, 1.165) is 12.1 Å². The van der Waals surface area contributed by atoms with Crippen LogP contribution in [0.5, 0.6) is 0 Å². The molecule has 6 nitrogen and oxygen atoms in total. The van der Waals surface area contributed by atoms with Crippen LogP contribution in [0.15, 0.2) is 29.4 Å². The van der Waals surface area contributed by atoms with Gasteiger partial charge in [-0.05, 0) is 18.2 Å². The molecule has 0 spiro atoms. The van der Waals surface area contributed by atoms with E-state index in [2.05, 4.69) is 15.8 Å². The summed E-state index contributed by atoms with van der Waals surface area (Å²) >= 11 is 0. The van der Waals surface area contributed by atoms with Crippen molar-refractivity contribution in [2.75, 3.05) is 11.9 Å². The van der Waals surface area contributed by atoms with Gasteiger partial charge in [0, 0.05) is 18.7 Å². The lowest BCUT2D eigenvalue weighted by atomic mass is 10.2. The van der Waals surface area contributed by atoms with Crippen molar-refractivity contribution in [3.8, 4) is 0 Å². The van der Waals surface area contributed by atoms with Gasteiger partial charge in [0.05, 0.1) is 5.56 Å². The molecule has 0 aliphatic rings. The Balaban J connectivity index is 2.54. The molecular formula is C11H13F3N4O2. The van der Waals surface area contributed by atoms with Crippen molar-refractivity contribution in [3.05, 3.63) is 29.8 Å².